The molecule has 0 aliphatic rings. The van der Waals surface area contributed by atoms with Gasteiger partial charge in [-0.25, -0.2) is 0 Å². The molecule has 1 aromatic heterocycles. The van der Waals surface area contributed by atoms with Crippen LogP contribution in [0.4, 0.5) is 5.69 Å². The van der Waals surface area contributed by atoms with E-state index in [9.17, 15) is 14.4 Å². The first-order chi connectivity index (χ1) is 21.1. The fourth-order valence-corrected chi connectivity index (χ4v) is 5.33. The number of nitrogens with zero attached hydrogens (tertiary/aromatic N) is 1. The summed E-state index contributed by atoms with van der Waals surface area (Å²) in [5, 5.41) is 2.76. The van der Waals surface area contributed by atoms with Gasteiger partial charge in [0.2, 0.25) is 5.91 Å². The summed E-state index contributed by atoms with van der Waals surface area (Å²) in [6, 6.07) is 16.8. The molecule has 0 aliphatic heterocycles. The van der Waals surface area contributed by atoms with Crippen LogP contribution in [0.15, 0.2) is 65.6 Å². The van der Waals surface area contributed by atoms with Crippen molar-refractivity contribution in [1.82, 2.24) is 4.57 Å². The molecule has 1 unspecified atom stereocenters. The molecule has 9 nitrogen and oxygen atoms in total. The summed E-state index contributed by atoms with van der Waals surface area (Å²) in [6.07, 6.45) is 1.96. The third-order valence-electron chi connectivity index (χ3n) is 7.28. The van der Waals surface area contributed by atoms with Gasteiger partial charge in [-0.15, -0.1) is 0 Å². The van der Waals surface area contributed by atoms with E-state index in [1.807, 2.05) is 69.3 Å². The minimum Gasteiger partial charge on any atom is -0.497 e. The third kappa shape index (κ3) is 11.3. The number of carbonyl (C=O) groups excluding carboxylic acids is 2. The van der Waals surface area contributed by atoms with Crippen LogP contribution in [0.2, 0.25) is 25.7 Å². The van der Waals surface area contributed by atoms with Gasteiger partial charge in [-0.3, -0.25) is 14.4 Å². The zero-order chi connectivity index (χ0) is 33.4. The van der Waals surface area contributed by atoms with Crippen LogP contribution in [-0.4, -0.2) is 56.5 Å². The number of benzene rings is 2. The van der Waals surface area contributed by atoms with Crippen molar-refractivity contribution in [2.75, 3.05) is 25.6 Å². The highest BCUT2D eigenvalue weighted by Crippen LogP contribution is 2.23. The number of rotatable bonds is 14. The molecule has 0 fully saturated rings. The minimum absolute atomic E-state index is 0.205. The summed E-state index contributed by atoms with van der Waals surface area (Å²) >= 11 is 0. The molecule has 244 valence electrons. The summed E-state index contributed by atoms with van der Waals surface area (Å²) in [7, 11) is 0.333. The van der Waals surface area contributed by atoms with Crippen molar-refractivity contribution < 1.29 is 23.8 Å². The lowest BCUT2D eigenvalue weighted by Gasteiger charge is -2.25. The van der Waals surface area contributed by atoms with Gasteiger partial charge in [-0.1, -0.05) is 56.0 Å². The Morgan fingerprint density at radius 1 is 0.978 bits per heavy atom. The van der Waals surface area contributed by atoms with Crippen molar-refractivity contribution in [2.45, 2.75) is 83.9 Å². The molecular formula is C35H49N3O6Si. The van der Waals surface area contributed by atoms with Gasteiger partial charge in [-0.2, -0.15) is 0 Å². The van der Waals surface area contributed by atoms with E-state index in [0.29, 0.717) is 18.7 Å². The number of carbonyl (C=O) groups is 2. The van der Waals surface area contributed by atoms with Gasteiger partial charge in [0.05, 0.1) is 26.3 Å². The number of ether oxygens (including phenoxy) is 3. The molecule has 2 atom stereocenters. The maximum Gasteiger partial charge on any atom is 0.316 e. The molecule has 10 heteroatoms. The highest BCUT2D eigenvalue weighted by molar-refractivity contribution is 6.76. The number of hydrogen-bond donors (Lipinski definition) is 2. The smallest absolute Gasteiger partial charge is 0.316 e. The van der Waals surface area contributed by atoms with Crippen molar-refractivity contribution in [3.63, 3.8) is 0 Å². The predicted octanol–water partition coefficient (Wildman–Crippen LogP) is 5.50. The normalized spacial score (nSPS) is 13.2. The van der Waals surface area contributed by atoms with E-state index < -0.39 is 31.5 Å². The molecule has 3 N–H and O–H groups in total. The van der Waals surface area contributed by atoms with Crippen LogP contribution < -0.4 is 21.3 Å². The van der Waals surface area contributed by atoms with Crippen molar-refractivity contribution in [3.05, 3.63) is 93.4 Å². The van der Waals surface area contributed by atoms with Gasteiger partial charge in [0.15, 0.2) is 0 Å². The molecular weight excluding hydrogens is 586 g/mol. The van der Waals surface area contributed by atoms with Crippen LogP contribution in [0, 0.1) is 6.92 Å². The lowest BCUT2D eigenvalue weighted by Crippen LogP contribution is -2.39. The second-order valence-corrected chi connectivity index (χ2v) is 19.3. The predicted molar refractivity (Wildman–Crippen MR) is 182 cm³/mol. The standard InChI is InChI=1S/C35H49N3O6Si/c1-24-17-18-38(22-26-11-15-28(42-5)16-12-26)33(40)31(24)37-32(39)30(36)21-25-9-13-27(14-10-25)29(34(41)44-35(2,3)4)23-43-19-20-45(6,7)8/h9-18,29-30H,19-23,36H2,1-8H3,(H,37,39)/t29?,30-/m0/s1. The van der Waals surface area contributed by atoms with E-state index >= 15 is 0 Å². The Balaban J connectivity index is 1.68. The molecule has 0 spiro atoms. The minimum atomic E-state index is -1.27. The molecule has 0 saturated carbocycles. The Bertz CT molecular complexity index is 1490. The number of methoxy groups -OCH3 is 1. The van der Waals surface area contributed by atoms with Gasteiger partial charge in [0.1, 0.15) is 23.0 Å². The van der Waals surface area contributed by atoms with Crippen molar-refractivity contribution >= 4 is 25.6 Å². The average molecular weight is 636 g/mol. The van der Waals surface area contributed by atoms with Crippen LogP contribution in [0.5, 0.6) is 5.75 Å². The fourth-order valence-electron chi connectivity index (χ4n) is 4.57. The second-order valence-electron chi connectivity index (χ2n) is 13.7. The van der Waals surface area contributed by atoms with Crippen molar-refractivity contribution in [3.8, 4) is 5.75 Å². The van der Waals surface area contributed by atoms with Crippen LogP contribution in [0.3, 0.4) is 0 Å². The highest BCUT2D eigenvalue weighted by atomic mass is 28.3. The SMILES string of the molecule is COc1ccc(Cn2ccc(C)c(NC(=O)[C@@H](N)Cc3ccc(C(COCC[Si](C)(C)C)C(=O)OC(C)(C)C)cc3)c2=O)cc1. The Morgan fingerprint density at radius 3 is 2.18 bits per heavy atom. The summed E-state index contributed by atoms with van der Waals surface area (Å²) in [4.78, 5) is 39.4. The first kappa shape index (κ1) is 35.7. The first-order valence-electron chi connectivity index (χ1n) is 15.3. The van der Waals surface area contributed by atoms with Crippen LogP contribution in [-0.2, 0) is 32.0 Å². The van der Waals surface area contributed by atoms with E-state index in [1.54, 1.807) is 30.9 Å². The molecule has 3 aromatic rings. The van der Waals surface area contributed by atoms with E-state index in [-0.39, 0.29) is 30.2 Å². The summed E-state index contributed by atoms with van der Waals surface area (Å²) in [6.45, 7) is 15.3. The van der Waals surface area contributed by atoms with E-state index in [4.69, 9.17) is 19.9 Å². The number of esters is 1. The highest BCUT2D eigenvalue weighted by Gasteiger charge is 2.28. The van der Waals surface area contributed by atoms with E-state index in [2.05, 4.69) is 25.0 Å². The van der Waals surface area contributed by atoms with E-state index in [1.165, 1.54) is 0 Å². The maximum absolute atomic E-state index is 13.3. The summed E-state index contributed by atoms with van der Waals surface area (Å²) < 4.78 is 18.4. The van der Waals surface area contributed by atoms with Crippen molar-refractivity contribution in [2.24, 2.45) is 5.73 Å². The van der Waals surface area contributed by atoms with Gasteiger partial charge in [0.25, 0.3) is 5.56 Å². The number of pyridine rings is 1. The third-order valence-corrected chi connectivity index (χ3v) is 8.98. The van der Waals surface area contributed by atoms with Crippen molar-refractivity contribution in [1.29, 1.82) is 0 Å². The number of hydrogen-bond acceptors (Lipinski definition) is 7. The number of nitrogens with one attached hydrogen (secondary N) is 1. The monoisotopic (exact) mass is 635 g/mol. The zero-order valence-electron chi connectivity index (χ0n) is 27.9. The van der Waals surface area contributed by atoms with Gasteiger partial charge in [-0.05, 0) is 80.6 Å². The van der Waals surface area contributed by atoms with Gasteiger partial charge >= 0.3 is 5.97 Å². The summed E-state index contributed by atoms with van der Waals surface area (Å²) in [5.41, 5.74) is 8.74. The Hall–Kier alpha value is -3.73. The molecule has 0 saturated heterocycles. The van der Waals surface area contributed by atoms with Crippen LogP contribution in [0.25, 0.3) is 0 Å². The molecule has 0 aliphatic carbocycles. The topological polar surface area (TPSA) is 122 Å². The molecule has 1 heterocycles. The van der Waals surface area contributed by atoms with E-state index in [0.717, 1.165) is 28.5 Å². The number of anilines is 1. The lowest BCUT2D eigenvalue weighted by atomic mass is 9.96. The molecule has 3 rings (SSSR count). The average Bonchev–Trinajstić information content (AvgIpc) is 2.96. The molecule has 1 amide bonds. The summed E-state index contributed by atoms with van der Waals surface area (Å²) in [5.74, 6) is -0.631. The fraction of sp³-hybridized carbons (Fsp3) is 0.457. The Labute approximate surface area is 268 Å². The molecule has 45 heavy (non-hydrogen) atoms. The lowest BCUT2D eigenvalue weighted by molar-refractivity contribution is -0.158. The Morgan fingerprint density at radius 2 is 1.60 bits per heavy atom. The first-order valence-corrected chi connectivity index (χ1v) is 19.1. The van der Waals surface area contributed by atoms with Crippen LogP contribution >= 0.6 is 0 Å². The number of aromatic nitrogens is 1. The number of aryl methyl sites for hydroxylation is 1. The van der Waals surface area contributed by atoms with Gasteiger partial charge in [0, 0.05) is 20.9 Å². The zero-order valence-corrected chi connectivity index (χ0v) is 28.9. The Kier molecular flexibility index (Phi) is 12.3. The van der Waals surface area contributed by atoms with Gasteiger partial charge < -0.3 is 29.8 Å². The molecule has 0 bridgehead atoms. The van der Waals surface area contributed by atoms with Crippen LogP contribution in [0.1, 0.15) is 48.9 Å². The molecule has 0 radical (unpaired) electrons. The number of amides is 1. The molecule has 2 aromatic carbocycles. The second kappa shape index (κ2) is 15.5. The number of nitrogens with two attached hydrogens (primary N) is 1. The quantitative estimate of drug-likeness (QED) is 0.136. The largest absolute Gasteiger partial charge is 0.497 e. The maximum atomic E-state index is 13.3.